The molecule has 59 heavy (non-hydrogen) atoms. The standard InChI is InChI=1S/C53H91NO5/c1-4-7-10-13-16-19-22-25-26-28-29-32-35-38-41-44-49(59-53(58)46-43-40-37-34-31-27-23-20-17-14-11-8-5-2)47-52(57)54-50(48-55)51(56)45-42-39-36-33-30-24-21-18-15-12-9-6-3/h7,10,16,19,25-27,29,31-32,37-38,40-41,49-51,55-56H,4-6,8-9,11-15,17-18,20-24,28,30,33-36,39,42-48H2,1-3H3,(H,54,57)/b10-7-,19-16-,26-25-,31-27-,32-29-,40-37+,41-38-. The Morgan fingerprint density at radius 1 is 0.525 bits per heavy atom. The molecule has 338 valence electrons. The lowest BCUT2D eigenvalue weighted by molar-refractivity contribution is -0.150. The molecule has 0 aliphatic carbocycles. The van der Waals surface area contributed by atoms with Crippen molar-refractivity contribution >= 4 is 11.9 Å². The second-order valence-corrected chi connectivity index (χ2v) is 16.1. The van der Waals surface area contributed by atoms with Crippen molar-refractivity contribution in [2.24, 2.45) is 0 Å². The Kier molecular flexibility index (Phi) is 43.8. The van der Waals surface area contributed by atoms with Crippen LogP contribution in [0.5, 0.6) is 0 Å². The first kappa shape index (κ1) is 56.0. The minimum atomic E-state index is -0.823. The first-order valence-corrected chi connectivity index (χ1v) is 24.3. The Morgan fingerprint density at radius 2 is 0.949 bits per heavy atom. The monoisotopic (exact) mass is 822 g/mol. The molecule has 0 aromatic carbocycles. The summed E-state index contributed by atoms with van der Waals surface area (Å²) in [6.07, 6.45) is 59.5. The van der Waals surface area contributed by atoms with Crippen LogP contribution in [-0.4, -0.2) is 46.9 Å². The molecule has 6 nitrogen and oxygen atoms in total. The third kappa shape index (κ3) is 41.6. The fraction of sp³-hybridized carbons (Fsp3) is 0.698. The van der Waals surface area contributed by atoms with Crippen molar-refractivity contribution < 1.29 is 24.5 Å². The van der Waals surface area contributed by atoms with E-state index >= 15 is 0 Å². The normalized spacial score (nSPS) is 14.1. The molecule has 3 unspecified atom stereocenters. The van der Waals surface area contributed by atoms with Crippen molar-refractivity contribution in [2.45, 2.75) is 232 Å². The van der Waals surface area contributed by atoms with E-state index in [-0.39, 0.29) is 31.3 Å². The summed E-state index contributed by atoms with van der Waals surface area (Å²) < 4.78 is 5.81. The van der Waals surface area contributed by atoms with Crippen LogP contribution in [0.15, 0.2) is 85.1 Å². The number of aliphatic hydroxyl groups is 2. The molecule has 0 radical (unpaired) electrons. The molecule has 3 N–H and O–H groups in total. The lowest BCUT2D eigenvalue weighted by Gasteiger charge is -2.24. The zero-order chi connectivity index (χ0) is 43.1. The van der Waals surface area contributed by atoms with E-state index in [4.69, 9.17) is 4.74 Å². The molecule has 1 amide bonds. The SMILES string of the molecule is CC/C=C\C/C=C\C/C=C\C/C=C\C/C=C\CC(CC(=O)NC(CO)C(O)CCCCCCCCCCCCCC)OC(=O)CC/C=C/C/C=C\CCCCCCCC. The van der Waals surface area contributed by atoms with Crippen molar-refractivity contribution in [3.8, 4) is 0 Å². The van der Waals surface area contributed by atoms with E-state index in [9.17, 15) is 19.8 Å². The summed E-state index contributed by atoms with van der Waals surface area (Å²) in [5, 5.41) is 23.6. The van der Waals surface area contributed by atoms with Crippen LogP contribution in [0.4, 0.5) is 0 Å². The maximum absolute atomic E-state index is 13.1. The number of carbonyl (C=O) groups excluding carboxylic acids is 2. The predicted molar refractivity (Wildman–Crippen MR) is 254 cm³/mol. The summed E-state index contributed by atoms with van der Waals surface area (Å²) in [4.78, 5) is 26.0. The number of esters is 1. The molecule has 0 saturated carbocycles. The zero-order valence-electron chi connectivity index (χ0n) is 38.4. The molecule has 0 spiro atoms. The molecule has 0 bridgehead atoms. The van der Waals surface area contributed by atoms with Crippen molar-refractivity contribution in [1.82, 2.24) is 5.32 Å². The van der Waals surface area contributed by atoms with Gasteiger partial charge in [-0.05, 0) is 64.2 Å². The Labute approximate surface area is 363 Å². The van der Waals surface area contributed by atoms with Crippen LogP contribution in [0.3, 0.4) is 0 Å². The summed E-state index contributed by atoms with van der Waals surface area (Å²) in [7, 11) is 0. The van der Waals surface area contributed by atoms with Crippen LogP contribution in [0, 0.1) is 0 Å². The molecule has 0 aliphatic heterocycles. The third-order valence-electron chi connectivity index (χ3n) is 10.5. The van der Waals surface area contributed by atoms with E-state index in [1.54, 1.807) is 0 Å². The largest absolute Gasteiger partial charge is 0.461 e. The van der Waals surface area contributed by atoms with Gasteiger partial charge < -0.3 is 20.3 Å². The van der Waals surface area contributed by atoms with Gasteiger partial charge in [0, 0.05) is 12.8 Å². The van der Waals surface area contributed by atoms with E-state index < -0.39 is 18.2 Å². The van der Waals surface area contributed by atoms with Crippen molar-refractivity contribution in [3.05, 3.63) is 85.1 Å². The number of ether oxygens (including phenoxy) is 1. The Balaban J connectivity index is 4.83. The maximum atomic E-state index is 13.1. The van der Waals surface area contributed by atoms with E-state index in [0.717, 1.165) is 64.2 Å². The number of allylic oxidation sites excluding steroid dienone is 13. The summed E-state index contributed by atoms with van der Waals surface area (Å²) in [6, 6.07) is -0.745. The highest BCUT2D eigenvalue weighted by Crippen LogP contribution is 2.15. The van der Waals surface area contributed by atoms with Crippen LogP contribution in [-0.2, 0) is 14.3 Å². The summed E-state index contributed by atoms with van der Waals surface area (Å²) >= 11 is 0. The smallest absolute Gasteiger partial charge is 0.306 e. The fourth-order valence-corrected chi connectivity index (χ4v) is 6.80. The third-order valence-corrected chi connectivity index (χ3v) is 10.5. The van der Waals surface area contributed by atoms with Gasteiger partial charge in [0.1, 0.15) is 6.10 Å². The number of nitrogens with one attached hydrogen (secondary N) is 1. The van der Waals surface area contributed by atoms with Crippen molar-refractivity contribution in [1.29, 1.82) is 0 Å². The van der Waals surface area contributed by atoms with Crippen LogP contribution in [0.1, 0.15) is 213 Å². The molecule has 0 aromatic heterocycles. The van der Waals surface area contributed by atoms with Crippen LogP contribution >= 0.6 is 0 Å². The van der Waals surface area contributed by atoms with Gasteiger partial charge in [-0.15, -0.1) is 0 Å². The van der Waals surface area contributed by atoms with Crippen molar-refractivity contribution in [3.63, 3.8) is 0 Å². The first-order chi connectivity index (χ1) is 29.0. The Hall–Kier alpha value is -2.96. The second kappa shape index (κ2) is 46.1. The Morgan fingerprint density at radius 3 is 1.44 bits per heavy atom. The number of carbonyl (C=O) groups is 2. The van der Waals surface area contributed by atoms with Gasteiger partial charge in [-0.2, -0.15) is 0 Å². The van der Waals surface area contributed by atoms with Crippen LogP contribution < -0.4 is 5.32 Å². The van der Waals surface area contributed by atoms with Gasteiger partial charge in [0.15, 0.2) is 0 Å². The number of hydrogen-bond acceptors (Lipinski definition) is 5. The minimum Gasteiger partial charge on any atom is -0.461 e. The highest BCUT2D eigenvalue weighted by atomic mass is 16.5. The molecule has 0 saturated heterocycles. The predicted octanol–water partition coefficient (Wildman–Crippen LogP) is 14.4. The molecular weight excluding hydrogens is 731 g/mol. The van der Waals surface area contributed by atoms with E-state index in [1.165, 1.54) is 96.3 Å². The topological polar surface area (TPSA) is 95.9 Å². The van der Waals surface area contributed by atoms with E-state index in [0.29, 0.717) is 19.3 Å². The molecular formula is C53H91NO5. The van der Waals surface area contributed by atoms with Crippen LogP contribution in [0.2, 0.25) is 0 Å². The van der Waals surface area contributed by atoms with Gasteiger partial charge >= 0.3 is 5.97 Å². The second-order valence-electron chi connectivity index (χ2n) is 16.1. The van der Waals surface area contributed by atoms with Gasteiger partial charge in [-0.3, -0.25) is 9.59 Å². The fourth-order valence-electron chi connectivity index (χ4n) is 6.80. The van der Waals surface area contributed by atoms with Crippen molar-refractivity contribution in [2.75, 3.05) is 6.61 Å². The minimum absolute atomic E-state index is 0.0267. The first-order valence-electron chi connectivity index (χ1n) is 24.3. The van der Waals surface area contributed by atoms with Gasteiger partial charge in [0.2, 0.25) is 5.91 Å². The summed E-state index contributed by atoms with van der Waals surface area (Å²) in [6.45, 7) is 6.30. The quantitative estimate of drug-likeness (QED) is 0.0324. The van der Waals surface area contributed by atoms with Gasteiger partial charge in [-0.1, -0.05) is 215 Å². The van der Waals surface area contributed by atoms with E-state index in [2.05, 4.69) is 92.9 Å². The maximum Gasteiger partial charge on any atom is 0.306 e. The van der Waals surface area contributed by atoms with Gasteiger partial charge in [-0.25, -0.2) is 0 Å². The number of rotatable bonds is 42. The lowest BCUT2D eigenvalue weighted by Crippen LogP contribution is -2.46. The van der Waals surface area contributed by atoms with Gasteiger partial charge in [0.25, 0.3) is 0 Å². The highest BCUT2D eigenvalue weighted by Gasteiger charge is 2.23. The highest BCUT2D eigenvalue weighted by molar-refractivity contribution is 5.77. The lowest BCUT2D eigenvalue weighted by atomic mass is 10.0. The average Bonchev–Trinajstić information content (AvgIpc) is 3.23. The average molecular weight is 822 g/mol. The number of hydrogen-bond donors (Lipinski definition) is 3. The zero-order valence-corrected chi connectivity index (χ0v) is 38.4. The number of unbranched alkanes of at least 4 members (excludes halogenated alkanes) is 17. The Bertz CT molecular complexity index is 1150. The molecule has 6 heteroatoms. The van der Waals surface area contributed by atoms with Gasteiger partial charge in [0.05, 0.1) is 25.2 Å². The summed E-state index contributed by atoms with van der Waals surface area (Å²) in [5.74, 6) is -0.667. The van der Waals surface area contributed by atoms with Crippen LogP contribution in [0.25, 0.3) is 0 Å². The molecule has 3 atom stereocenters. The number of aliphatic hydroxyl groups excluding tert-OH is 2. The number of amides is 1. The molecule has 0 heterocycles. The van der Waals surface area contributed by atoms with E-state index in [1.807, 2.05) is 18.2 Å². The molecule has 0 rings (SSSR count). The molecule has 0 aromatic rings. The molecule has 0 fully saturated rings. The molecule has 0 aliphatic rings. The summed E-state index contributed by atoms with van der Waals surface area (Å²) in [5.41, 5.74) is 0.